The van der Waals surface area contributed by atoms with Crippen LogP contribution < -0.4 is 5.32 Å². The van der Waals surface area contributed by atoms with Crippen molar-refractivity contribution < 1.29 is 18.0 Å². The third kappa shape index (κ3) is 4.24. The number of halogens is 4. The molecule has 4 nitrogen and oxygen atoms in total. The topological polar surface area (TPSA) is 54.9 Å². The van der Waals surface area contributed by atoms with Gasteiger partial charge in [0.05, 0.1) is 5.69 Å². The molecule has 2 rings (SSSR count). The number of nitrogens with one attached hydrogen (secondary N) is 1. The number of aromatic nitrogens is 2. The van der Waals surface area contributed by atoms with Crippen LogP contribution in [0.25, 0.3) is 10.6 Å². The van der Waals surface area contributed by atoms with Crippen LogP contribution in [0.15, 0.2) is 22.9 Å². The number of carbonyl (C=O) groups is 1. The molecule has 0 aromatic carbocycles. The summed E-state index contributed by atoms with van der Waals surface area (Å²) in [5, 5.41) is 2.36. The van der Waals surface area contributed by atoms with Crippen molar-refractivity contribution in [3.8, 4) is 10.6 Å². The summed E-state index contributed by atoms with van der Waals surface area (Å²) in [7, 11) is 0. The maximum Gasteiger partial charge on any atom is 0.405 e. The number of amides is 1. The van der Waals surface area contributed by atoms with E-state index in [1.54, 1.807) is 25.4 Å². The van der Waals surface area contributed by atoms with E-state index in [1.165, 1.54) is 0 Å². The second kappa shape index (κ2) is 6.10. The van der Waals surface area contributed by atoms with E-state index in [-0.39, 0.29) is 4.88 Å². The minimum absolute atomic E-state index is 0.161. The van der Waals surface area contributed by atoms with Gasteiger partial charge >= 0.3 is 6.18 Å². The fourth-order valence-electron chi connectivity index (χ4n) is 1.52. The van der Waals surface area contributed by atoms with Gasteiger partial charge in [0, 0.05) is 22.4 Å². The second-order valence-electron chi connectivity index (χ2n) is 4.12. The van der Waals surface area contributed by atoms with Crippen LogP contribution in [0.1, 0.15) is 15.4 Å². The number of pyridine rings is 1. The molecular formula is C12H9BrF3N3OS. The number of alkyl halides is 3. The first kappa shape index (κ1) is 15.9. The summed E-state index contributed by atoms with van der Waals surface area (Å²) in [4.78, 5) is 20.1. The van der Waals surface area contributed by atoms with E-state index in [9.17, 15) is 18.0 Å². The van der Waals surface area contributed by atoms with Gasteiger partial charge < -0.3 is 5.32 Å². The standard InChI is InChI=1S/C12H9BrF3N3OS/c1-6-9(10(20)18-5-12(14,15)16)21-11(19-6)7-2-8(13)4-17-3-7/h2-4H,5H2,1H3,(H,18,20). The van der Waals surface area contributed by atoms with Gasteiger partial charge in [-0.1, -0.05) is 0 Å². The number of rotatable bonds is 3. The highest BCUT2D eigenvalue weighted by atomic mass is 79.9. The zero-order valence-electron chi connectivity index (χ0n) is 10.7. The van der Waals surface area contributed by atoms with Crippen LogP contribution in [0.3, 0.4) is 0 Å². The minimum Gasteiger partial charge on any atom is -0.342 e. The molecule has 0 saturated heterocycles. The molecule has 0 spiro atoms. The van der Waals surface area contributed by atoms with Gasteiger partial charge in [-0.25, -0.2) is 4.98 Å². The molecule has 0 atom stereocenters. The average Bonchev–Trinajstić information content (AvgIpc) is 2.77. The zero-order chi connectivity index (χ0) is 15.6. The van der Waals surface area contributed by atoms with Crippen molar-refractivity contribution in [2.24, 2.45) is 0 Å². The van der Waals surface area contributed by atoms with Gasteiger partial charge in [0.1, 0.15) is 16.4 Å². The Morgan fingerprint density at radius 1 is 1.43 bits per heavy atom. The highest BCUT2D eigenvalue weighted by Crippen LogP contribution is 2.29. The molecule has 0 bridgehead atoms. The van der Waals surface area contributed by atoms with Gasteiger partial charge in [0.2, 0.25) is 0 Å². The number of thiazole rings is 1. The molecule has 2 aromatic heterocycles. The van der Waals surface area contributed by atoms with Gasteiger partial charge in [0.25, 0.3) is 5.91 Å². The first-order chi connectivity index (χ1) is 9.76. The van der Waals surface area contributed by atoms with Crippen molar-refractivity contribution >= 4 is 33.2 Å². The molecule has 0 aliphatic carbocycles. The van der Waals surface area contributed by atoms with Crippen LogP contribution in [0.2, 0.25) is 0 Å². The van der Waals surface area contributed by atoms with E-state index in [0.717, 1.165) is 15.8 Å². The predicted octanol–water partition coefficient (Wildman–Crippen LogP) is 3.57. The molecule has 0 radical (unpaired) electrons. The summed E-state index contributed by atoms with van der Waals surface area (Å²) < 4.78 is 37.1. The van der Waals surface area contributed by atoms with Crippen LogP contribution in [-0.4, -0.2) is 28.6 Å². The van der Waals surface area contributed by atoms with Crippen molar-refractivity contribution in [1.82, 2.24) is 15.3 Å². The number of aryl methyl sites for hydroxylation is 1. The summed E-state index contributed by atoms with van der Waals surface area (Å²) in [6.45, 7) is 0.213. The maximum absolute atomic E-state index is 12.1. The Hall–Kier alpha value is -1.48. The molecule has 1 N–H and O–H groups in total. The van der Waals surface area contributed by atoms with Crippen LogP contribution in [0, 0.1) is 6.92 Å². The molecule has 2 aromatic rings. The first-order valence-corrected chi connectivity index (χ1v) is 7.30. The predicted molar refractivity (Wildman–Crippen MR) is 76.2 cm³/mol. The lowest BCUT2D eigenvalue weighted by Gasteiger charge is -2.07. The van der Waals surface area contributed by atoms with E-state index in [1.807, 2.05) is 5.32 Å². The lowest BCUT2D eigenvalue weighted by Crippen LogP contribution is -2.33. The Balaban J connectivity index is 2.21. The van der Waals surface area contributed by atoms with E-state index in [2.05, 4.69) is 25.9 Å². The third-order valence-electron chi connectivity index (χ3n) is 2.40. The van der Waals surface area contributed by atoms with Crippen LogP contribution in [0.5, 0.6) is 0 Å². The number of hydrogen-bond donors (Lipinski definition) is 1. The molecule has 0 unspecified atom stereocenters. The number of carbonyl (C=O) groups excluding carboxylic acids is 1. The van der Waals surface area contributed by atoms with Crippen LogP contribution in [0.4, 0.5) is 13.2 Å². The Morgan fingerprint density at radius 2 is 2.14 bits per heavy atom. The Kier molecular flexibility index (Phi) is 4.62. The smallest absolute Gasteiger partial charge is 0.342 e. The summed E-state index contributed by atoms with van der Waals surface area (Å²) >= 11 is 4.30. The molecular weight excluding hydrogens is 371 g/mol. The van der Waals surface area contributed by atoms with Crippen LogP contribution >= 0.6 is 27.3 Å². The van der Waals surface area contributed by atoms with Gasteiger partial charge in [-0.2, -0.15) is 13.2 Å². The van der Waals surface area contributed by atoms with Crippen molar-refractivity contribution in [2.45, 2.75) is 13.1 Å². The van der Waals surface area contributed by atoms with Crippen LogP contribution in [-0.2, 0) is 0 Å². The molecule has 2 heterocycles. The molecule has 9 heteroatoms. The lowest BCUT2D eigenvalue weighted by atomic mass is 10.3. The van der Waals surface area contributed by atoms with E-state index < -0.39 is 18.6 Å². The average molecular weight is 380 g/mol. The highest BCUT2D eigenvalue weighted by molar-refractivity contribution is 9.10. The minimum atomic E-state index is -4.44. The maximum atomic E-state index is 12.1. The zero-order valence-corrected chi connectivity index (χ0v) is 13.1. The van der Waals surface area contributed by atoms with Crippen molar-refractivity contribution in [3.63, 3.8) is 0 Å². The third-order valence-corrected chi connectivity index (χ3v) is 4.04. The monoisotopic (exact) mass is 379 g/mol. The lowest BCUT2D eigenvalue weighted by molar-refractivity contribution is -0.123. The number of nitrogens with zero attached hydrogens (tertiary/aromatic N) is 2. The molecule has 0 aliphatic heterocycles. The van der Waals surface area contributed by atoms with E-state index in [0.29, 0.717) is 16.3 Å². The molecule has 0 fully saturated rings. The summed E-state index contributed by atoms with van der Waals surface area (Å²) in [5.41, 5.74) is 1.07. The quantitative estimate of drug-likeness (QED) is 0.886. The second-order valence-corrected chi connectivity index (χ2v) is 6.04. The van der Waals surface area contributed by atoms with Crippen molar-refractivity contribution in [1.29, 1.82) is 0 Å². The van der Waals surface area contributed by atoms with Gasteiger partial charge in [-0.15, -0.1) is 11.3 Å². The van der Waals surface area contributed by atoms with E-state index >= 15 is 0 Å². The summed E-state index contributed by atoms with van der Waals surface area (Å²) in [6, 6.07) is 1.77. The van der Waals surface area contributed by atoms with Gasteiger partial charge in [-0.3, -0.25) is 9.78 Å². The molecule has 112 valence electrons. The Morgan fingerprint density at radius 3 is 2.76 bits per heavy atom. The Labute approximate surface area is 130 Å². The summed E-state index contributed by atoms with van der Waals surface area (Å²) in [6.07, 6.45) is -1.27. The summed E-state index contributed by atoms with van der Waals surface area (Å²) in [5.74, 6) is -0.781. The Bertz CT molecular complexity index is 672. The fraction of sp³-hybridized carbons (Fsp3) is 0.250. The molecule has 21 heavy (non-hydrogen) atoms. The van der Waals surface area contributed by atoms with E-state index in [4.69, 9.17) is 0 Å². The van der Waals surface area contributed by atoms with Gasteiger partial charge in [-0.05, 0) is 28.9 Å². The SMILES string of the molecule is Cc1nc(-c2cncc(Br)c2)sc1C(=O)NCC(F)(F)F. The first-order valence-electron chi connectivity index (χ1n) is 5.69. The molecule has 1 amide bonds. The normalized spacial score (nSPS) is 11.5. The van der Waals surface area contributed by atoms with Crippen molar-refractivity contribution in [2.75, 3.05) is 6.54 Å². The molecule has 0 saturated carbocycles. The molecule has 0 aliphatic rings. The largest absolute Gasteiger partial charge is 0.405 e. The number of hydrogen-bond acceptors (Lipinski definition) is 4. The van der Waals surface area contributed by atoms with Crippen molar-refractivity contribution in [3.05, 3.63) is 33.5 Å². The fourth-order valence-corrected chi connectivity index (χ4v) is 2.85. The highest BCUT2D eigenvalue weighted by Gasteiger charge is 2.28. The van der Waals surface area contributed by atoms with Gasteiger partial charge in [0.15, 0.2) is 0 Å².